The smallest absolute Gasteiger partial charge is 0.147 e. The Balaban J connectivity index is 0.00000242. The largest absolute Gasteiger partial charge is 0.147 e. The third-order valence-corrected chi connectivity index (χ3v) is 18.9. The average molecular weight is 519 g/mol. The molecule has 0 spiro atoms. The second-order valence-corrected chi connectivity index (χ2v) is 38.3. The molecule has 1 aromatic rings. The molecule has 0 saturated carbocycles. The van der Waals surface area contributed by atoms with Crippen molar-refractivity contribution in [2.45, 2.75) is 53.0 Å². The fraction of sp³-hybridized carbons (Fsp3) is 0.529. The molecule has 1 N–H and O–H groups in total. The summed E-state index contributed by atoms with van der Waals surface area (Å²) >= 11 is 0.619. The molecule has 1 aliphatic rings. The van der Waals surface area contributed by atoms with Gasteiger partial charge in [-0.25, -0.2) is 0 Å². The van der Waals surface area contributed by atoms with Crippen LogP contribution in [0.3, 0.4) is 0 Å². The van der Waals surface area contributed by atoms with Crippen molar-refractivity contribution in [3.05, 3.63) is 38.9 Å². The van der Waals surface area contributed by atoms with Crippen molar-refractivity contribution in [2.24, 2.45) is 0 Å². The van der Waals surface area contributed by atoms with Gasteiger partial charge in [-0.3, -0.25) is 0 Å². The SMILES string of the molecule is CC1=Cc2c(ccc(Br)c2C)[CH]1[Zr]([CH3])([CH3])(=[SiH2])[NH]C(C)(C)C.Cl.Cl. The number of hydrogen-bond acceptors (Lipinski definition) is 1. The summed E-state index contributed by atoms with van der Waals surface area (Å²) in [5.74, 6) is 0. The zero-order valence-corrected chi connectivity index (χ0v) is 22.3. The van der Waals surface area contributed by atoms with E-state index in [9.17, 15) is 0 Å². The van der Waals surface area contributed by atoms with Crippen molar-refractivity contribution >= 4 is 53.7 Å². The first-order chi connectivity index (χ1) is 9.30. The van der Waals surface area contributed by atoms with Crippen LogP contribution in [0.2, 0.25) is 9.26 Å². The number of benzene rings is 1. The van der Waals surface area contributed by atoms with Gasteiger partial charge in [0.2, 0.25) is 0 Å². The Hall–Kier alpha value is 1.08. The zero-order valence-electron chi connectivity index (χ0n) is 15.2. The van der Waals surface area contributed by atoms with Crippen LogP contribution in [0.25, 0.3) is 6.08 Å². The summed E-state index contributed by atoms with van der Waals surface area (Å²) in [6.07, 6.45) is 2.42. The van der Waals surface area contributed by atoms with E-state index >= 15 is 0 Å². The maximum absolute atomic E-state index is 4.09. The first-order valence-electron chi connectivity index (χ1n) is 7.65. The fourth-order valence-electron chi connectivity index (χ4n) is 4.26. The normalized spacial score (nSPS) is 17.8. The van der Waals surface area contributed by atoms with Gasteiger partial charge in [-0.1, -0.05) is 0 Å². The molecule has 1 atom stereocenters. The molecular formula is C17H30BrCl2NSiZr. The molecule has 1 unspecified atom stereocenters. The second kappa shape index (κ2) is 7.37. The van der Waals surface area contributed by atoms with Crippen LogP contribution in [0.1, 0.15) is 48.0 Å². The van der Waals surface area contributed by atoms with Crippen molar-refractivity contribution in [3.63, 3.8) is 0 Å². The van der Waals surface area contributed by atoms with E-state index in [1.165, 1.54) is 26.7 Å². The average Bonchev–Trinajstić information content (AvgIpc) is 2.57. The molecule has 0 amide bonds. The van der Waals surface area contributed by atoms with E-state index < -0.39 is 17.7 Å². The van der Waals surface area contributed by atoms with Crippen LogP contribution in [0.5, 0.6) is 0 Å². The molecule has 0 radical (unpaired) electrons. The van der Waals surface area contributed by atoms with Gasteiger partial charge in [0.05, 0.1) is 0 Å². The molecule has 0 aromatic heterocycles. The first kappa shape index (κ1) is 24.1. The quantitative estimate of drug-likeness (QED) is 0.496. The van der Waals surface area contributed by atoms with E-state index in [1.54, 1.807) is 0 Å². The monoisotopic (exact) mass is 515 g/mol. The fourth-order valence-corrected chi connectivity index (χ4v) is 24.2. The van der Waals surface area contributed by atoms with Crippen LogP contribution in [-0.4, -0.2) is 12.4 Å². The van der Waals surface area contributed by atoms with Gasteiger partial charge in [0, 0.05) is 0 Å². The van der Waals surface area contributed by atoms with Gasteiger partial charge in [-0.2, -0.15) is 0 Å². The Morgan fingerprint density at radius 1 is 1.13 bits per heavy atom. The molecule has 6 heteroatoms. The van der Waals surface area contributed by atoms with E-state index in [1.807, 2.05) is 0 Å². The van der Waals surface area contributed by atoms with Crippen LogP contribution in [0, 0.1) is 6.92 Å². The van der Waals surface area contributed by atoms with Crippen LogP contribution in [0.4, 0.5) is 0 Å². The number of nitrogens with one attached hydrogen (secondary N) is 1. The van der Waals surface area contributed by atoms with Crippen LogP contribution in [0.15, 0.2) is 22.2 Å². The predicted octanol–water partition coefficient (Wildman–Crippen LogP) is 5.70. The van der Waals surface area contributed by atoms with E-state index in [-0.39, 0.29) is 30.4 Å². The van der Waals surface area contributed by atoms with Crippen LogP contribution < -0.4 is 3.26 Å². The molecular weight excluding hydrogens is 488 g/mol. The van der Waals surface area contributed by atoms with Gasteiger partial charge in [0.25, 0.3) is 0 Å². The molecule has 1 aliphatic carbocycles. The van der Waals surface area contributed by atoms with E-state index in [2.05, 4.69) is 88.2 Å². The minimum Gasteiger partial charge on any atom is -0.147 e. The predicted molar refractivity (Wildman–Crippen MR) is 113 cm³/mol. The van der Waals surface area contributed by atoms with Gasteiger partial charge in [0.1, 0.15) is 0 Å². The van der Waals surface area contributed by atoms with E-state index in [4.69, 9.17) is 0 Å². The Labute approximate surface area is 165 Å². The molecule has 0 fully saturated rings. The van der Waals surface area contributed by atoms with Crippen molar-refractivity contribution in [3.8, 4) is 0 Å². The number of fused-ring (bicyclic) bond motifs is 1. The Bertz CT molecular complexity index is 701. The van der Waals surface area contributed by atoms with E-state index in [0.29, 0.717) is 3.63 Å². The Morgan fingerprint density at radius 2 is 1.65 bits per heavy atom. The first-order valence-corrected chi connectivity index (χ1v) is 21.9. The molecule has 1 aromatic carbocycles. The summed E-state index contributed by atoms with van der Waals surface area (Å²) in [4.78, 5) is 0. The summed E-state index contributed by atoms with van der Waals surface area (Å²) in [5, 5.41) is 0. The summed E-state index contributed by atoms with van der Waals surface area (Å²) in [5.41, 5.74) is 6.06. The summed E-state index contributed by atoms with van der Waals surface area (Å²) in [6.45, 7) is 13.7. The molecule has 0 saturated heterocycles. The van der Waals surface area contributed by atoms with Crippen LogP contribution in [-0.2, 0) is 17.7 Å². The number of rotatable bonds is 2. The van der Waals surface area contributed by atoms with Crippen molar-refractivity contribution in [1.29, 1.82) is 0 Å². The van der Waals surface area contributed by atoms with Crippen molar-refractivity contribution in [1.82, 2.24) is 3.26 Å². The van der Waals surface area contributed by atoms with E-state index in [0.717, 1.165) is 0 Å². The van der Waals surface area contributed by atoms with Gasteiger partial charge < -0.3 is 0 Å². The summed E-state index contributed by atoms with van der Waals surface area (Å²) in [7, 11) is 0. The summed E-state index contributed by atoms with van der Waals surface area (Å²) < 4.78 is 11.0. The zero-order chi connectivity index (χ0) is 16.2. The third-order valence-electron chi connectivity index (χ3n) is 4.33. The maximum Gasteiger partial charge on any atom is -0.147 e. The minimum absolute atomic E-state index is 0. The number of halogens is 3. The standard InChI is InChI=1S/C11H10Br.C4H10N.2CH3.2ClH.H2Si.Zr/c1-7-5-9-3-4-11(12)8(2)10(9)6-7;1-4(2,3)5;;;;;;/h3-6H,1-2H3;5H,1-3H3;2*1H3;2*1H;1H2;/q;-1;;;;;;+1. The minimum atomic E-state index is -3.06. The van der Waals surface area contributed by atoms with Gasteiger partial charge in [-0.05, 0) is 0 Å². The van der Waals surface area contributed by atoms with Gasteiger partial charge in [0.15, 0.2) is 0 Å². The topological polar surface area (TPSA) is 12.0 Å². The Morgan fingerprint density at radius 3 is 2.13 bits per heavy atom. The molecule has 0 bridgehead atoms. The number of hydrogen-bond donors (Lipinski definition) is 1. The van der Waals surface area contributed by atoms with Gasteiger partial charge >= 0.3 is 142 Å². The molecule has 2 rings (SSSR count). The second-order valence-electron chi connectivity index (χ2n) is 8.68. The van der Waals surface area contributed by atoms with Crippen molar-refractivity contribution in [2.75, 3.05) is 0 Å². The summed E-state index contributed by atoms with van der Waals surface area (Å²) in [6, 6.07) is 4.56. The Kier molecular flexibility index (Phi) is 7.71. The molecule has 1 nitrogen and oxygen atoms in total. The van der Waals surface area contributed by atoms with Crippen molar-refractivity contribution < 1.29 is 17.7 Å². The van der Waals surface area contributed by atoms with Gasteiger partial charge in [-0.15, -0.1) is 24.8 Å². The maximum atomic E-state index is 4.09. The molecule has 23 heavy (non-hydrogen) atoms. The van der Waals surface area contributed by atoms with Crippen LogP contribution >= 0.6 is 40.7 Å². The third kappa shape index (κ3) is 5.05. The molecule has 0 aliphatic heterocycles. The number of allylic oxidation sites excluding steroid dienone is 1. The molecule has 0 heterocycles. The molecule has 132 valence electrons.